The predicted octanol–water partition coefficient (Wildman–Crippen LogP) is 4.85. The normalized spacial score (nSPS) is 10.1. The Bertz CT molecular complexity index is 768. The Labute approximate surface area is 129 Å². The number of ether oxygens (including phenoxy) is 1. The Hall–Kier alpha value is -2.25. The van der Waals surface area contributed by atoms with Crippen LogP contribution in [0, 0.1) is 18.8 Å². The maximum atomic E-state index is 6.50. The third kappa shape index (κ3) is 2.79. The summed E-state index contributed by atoms with van der Waals surface area (Å²) in [5.74, 6) is 0.911. The Balaban J connectivity index is 0.000000774. The topological polar surface area (TPSA) is 38.0 Å². The summed E-state index contributed by atoms with van der Waals surface area (Å²) in [5.41, 5.74) is 3.86. The largest absolute Gasteiger partial charge is 0.497 e. The van der Waals surface area contributed by atoms with Crippen LogP contribution in [-0.2, 0) is 6.54 Å². The van der Waals surface area contributed by atoms with Gasteiger partial charge >= 0.3 is 0 Å². The molecule has 0 unspecified atom stereocenters. The van der Waals surface area contributed by atoms with Crippen molar-refractivity contribution in [1.29, 1.82) is 5.26 Å². The van der Waals surface area contributed by atoms with Crippen LogP contribution in [0.5, 0.6) is 5.75 Å². The van der Waals surface area contributed by atoms with Crippen LogP contribution in [0.2, 0.25) is 0 Å². The lowest BCUT2D eigenvalue weighted by atomic mass is 10.2. The molecule has 108 valence electrons. The molecule has 1 aromatic carbocycles. The molecule has 0 spiro atoms. The van der Waals surface area contributed by atoms with Gasteiger partial charge in [-0.05, 0) is 49.1 Å². The maximum Gasteiger partial charge on any atom is 0.120 e. The third-order valence-corrected chi connectivity index (χ3v) is 4.48. The molecule has 0 radical (unpaired) electrons. The van der Waals surface area contributed by atoms with Crippen LogP contribution >= 0.6 is 11.3 Å². The van der Waals surface area contributed by atoms with Gasteiger partial charge in [0.15, 0.2) is 0 Å². The Kier molecular flexibility index (Phi) is 4.66. The molecule has 0 fully saturated rings. The molecule has 2 aromatic heterocycles. The number of fused-ring (bicyclic) bond motifs is 1. The highest BCUT2D eigenvalue weighted by Crippen LogP contribution is 2.33. The first-order valence-electron chi connectivity index (χ1n) is 6.71. The molecular formula is C17H18N2OS. The van der Waals surface area contributed by atoms with E-state index in [-0.39, 0.29) is 0 Å². The molecule has 0 atom stereocenters. The van der Waals surface area contributed by atoms with E-state index in [0.29, 0.717) is 0 Å². The minimum absolute atomic E-state index is 0.911. The van der Waals surface area contributed by atoms with Gasteiger partial charge in [-0.1, -0.05) is 0 Å². The SMILES string of the molecule is C#N.CCn1c(-c2cc(C)cs2)cc2ccc(OC)cc21. The molecule has 21 heavy (non-hydrogen) atoms. The average Bonchev–Trinajstić information content (AvgIpc) is 3.11. The fraction of sp³-hybridized carbons (Fsp3) is 0.235. The molecule has 0 saturated carbocycles. The van der Waals surface area contributed by atoms with Crippen molar-refractivity contribution in [3.8, 4) is 22.9 Å². The van der Waals surface area contributed by atoms with Crippen molar-refractivity contribution in [1.82, 2.24) is 4.57 Å². The summed E-state index contributed by atoms with van der Waals surface area (Å²) in [7, 11) is 1.71. The quantitative estimate of drug-likeness (QED) is 0.693. The fourth-order valence-electron chi connectivity index (χ4n) is 2.47. The van der Waals surface area contributed by atoms with E-state index in [2.05, 4.69) is 54.6 Å². The highest BCUT2D eigenvalue weighted by molar-refractivity contribution is 7.13. The summed E-state index contributed by atoms with van der Waals surface area (Å²) < 4.78 is 7.68. The van der Waals surface area contributed by atoms with Crippen LogP contribution in [0.1, 0.15) is 12.5 Å². The predicted molar refractivity (Wildman–Crippen MR) is 88.9 cm³/mol. The van der Waals surface area contributed by atoms with Crippen LogP contribution in [0.15, 0.2) is 35.7 Å². The number of aryl methyl sites for hydroxylation is 2. The molecule has 4 heteroatoms. The minimum atomic E-state index is 0.911. The van der Waals surface area contributed by atoms with Gasteiger partial charge in [0, 0.05) is 24.6 Å². The van der Waals surface area contributed by atoms with Crippen LogP contribution in [0.25, 0.3) is 21.5 Å². The summed E-state index contributed by atoms with van der Waals surface area (Å²) in [6, 6.07) is 10.8. The fourth-order valence-corrected chi connectivity index (χ4v) is 3.40. The molecular weight excluding hydrogens is 280 g/mol. The number of nitrogens with zero attached hydrogens (tertiary/aromatic N) is 2. The number of thiophene rings is 1. The van der Waals surface area contributed by atoms with Gasteiger partial charge in [0.2, 0.25) is 0 Å². The van der Waals surface area contributed by atoms with E-state index in [1.54, 1.807) is 18.4 Å². The molecule has 0 aliphatic heterocycles. The standard InChI is InChI=1S/C16H17NOS.CHN/c1-4-17-14-9-13(18-3)6-5-12(14)8-15(17)16-7-11(2)10-19-16;1-2/h5-10H,4H2,1-3H3;1H. The van der Waals surface area contributed by atoms with E-state index < -0.39 is 0 Å². The molecule has 0 bridgehead atoms. The van der Waals surface area contributed by atoms with Crippen LogP contribution < -0.4 is 4.74 Å². The Morgan fingerprint density at radius 1 is 1.24 bits per heavy atom. The number of methoxy groups -OCH3 is 1. The zero-order chi connectivity index (χ0) is 15.4. The van der Waals surface area contributed by atoms with Gasteiger partial charge in [-0.15, -0.1) is 11.3 Å². The molecule has 2 heterocycles. The van der Waals surface area contributed by atoms with Gasteiger partial charge in [0.05, 0.1) is 23.2 Å². The number of hydrogen-bond donors (Lipinski definition) is 0. The van der Waals surface area contributed by atoms with E-state index in [1.165, 1.54) is 27.0 Å². The van der Waals surface area contributed by atoms with Gasteiger partial charge in [-0.2, -0.15) is 0 Å². The number of hydrogen-bond acceptors (Lipinski definition) is 3. The summed E-state index contributed by atoms with van der Waals surface area (Å²) in [6.07, 6.45) is 0. The summed E-state index contributed by atoms with van der Waals surface area (Å²) in [6.45, 7) is 8.79. The van der Waals surface area contributed by atoms with Gasteiger partial charge in [0.1, 0.15) is 5.75 Å². The molecule has 0 saturated heterocycles. The highest BCUT2D eigenvalue weighted by Gasteiger charge is 2.11. The van der Waals surface area contributed by atoms with E-state index in [0.717, 1.165) is 12.3 Å². The van der Waals surface area contributed by atoms with Crippen molar-refractivity contribution in [2.75, 3.05) is 7.11 Å². The van der Waals surface area contributed by atoms with Crippen molar-refractivity contribution >= 4 is 22.2 Å². The average molecular weight is 298 g/mol. The lowest BCUT2D eigenvalue weighted by molar-refractivity contribution is 0.415. The molecule has 3 nitrogen and oxygen atoms in total. The monoisotopic (exact) mass is 298 g/mol. The van der Waals surface area contributed by atoms with Crippen molar-refractivity contribution in [3.05, 3.63) is 41.3 Å². The molecule has 0 aliphatic rings. The number of benzene rings is 1. The van der Waals surface area contributed by atoms with Crippen molar-refractivity contribution in [2.45, 2.75) is 20.4 Å². The van der Waals surface area contributed by atoms with Gasteiger partial charge in [-0.3, -0.25) is 0 Å². The van der Waals surface area contributed by atoms with E-state index >= 15 is 0 Å². The second kappa shape index (κ2) is 6.47. The molecule has 3 rings (SSSR count). The molecule has 0 N–H and O–H groups in total. The first-order chi connectivity index (χ1) is 10.2. The van der Waals surface area contributed by atoms with E-state index in [4.69, 9.17) is 10.00 Å². The zero-order valence-electron chi connectivity index (χ0n) is 12.5. The van der Waals surface area contributed by atoms with E-state index in [1.807, 2.05) is 6.07 Å². The maximum absolute atomic E-state index is 6.50. The summed E-state index contributed by atoms with van der Waals surface area (Å²) in [4.78, 5) is 1.33. The second-order valence-corrected chi connectivity index (χ2v) is 5.60. The Morgan fingerprint density at radius 3 is 2.57 bits per heavy atom. The van der Waals surface area contributed by atoms with Gasteiger partial charge < -0.3 is 9.30 Å². The summed E-state index contributed by atoms with van der Waals surface area (Å²) >= 11 is 1.81. The van der Waals surface area contributed by atoms with Crippen molar-refractivity contribution in [3.63, 3.8) is 0 Å². The van der Waals surface area contributed by atoms with Crippen LogP contribution in [0.3, 0.4) is 0 Å². The van der Waals surface area contributed by atoms with Crippen LogP contribution in [-0.4, -0.2) is 11.7 Å². The van der Waals surface area contributed by atoms with E-state index in [9.17, 15) is 0 Å². The molecule has 3 aromatic rings. The van der Waals surface area contributed by atoms with Gasteiger partial charge in [0.25, 0.3) is 0 Å². The number of nitriles is 1. The Morgan fingerprint density at radius 2 is 2.00 bits per heavy atom. The number of aromatic nitrogens is 1. The van der Waals surface area contributed by atoms with Crippen molar-refractivity contribution < 1.29 is 4.74 Å². The second-order valence-electron chi connectivity index (χ2n) is 4.69. The first-order valence-corrected chi connectivity index (χ1v) is 7.59. The minimum Gasteiger partial charge on any atom is -0.497 e. The number of rotatable bonds is 3. The zero-order valence-corrected chi connectivity index (χ0v) is 13.3. The molecule has 0 aliphatic carbocycles. The lowest BCUT2D eigenvalue weighted by Crippen LogP contribution is -1.95. The lowest BCUT2D eigenvalue weighted by Gasteiger charge is -2.07. The summed E-state index contributed by atoms with van der Waals surface area (Å²) in [5, 5.41) is 9.97. The third-order valence-electron chi connectivity index (χ3n) is 3.41. The molecule has 0 amide bonds. The first kappa shape index (κ1) is 15.1. The highest BCUT2D eigenvalue weighted by atomic mass is 32.1. The smallest absolute Gasteiger partial charge is 0.120 e. The van der Waals surface area contributed by atoms with Crippen molar-refractivity contribution in [2.24, 2.45) is 0 Å². The van der Waals surface area contributed by atoms with Crippen LogP contribution in [0.4, 0.5) is 0 Å². The van der Waals surface area contributed by atoms with Gasteiger partial charge in [-0.25, -0.2) is 5.26 Å².